The summed E-state index contributed by atoms with van der Waals surface area (Å²) < 4.78 is 80.2. The molecule has 0 fully saturated rings. The van der Waals surface area contributed by atoms with Gasteiger partial charge in [-0.25, -0.2) is 0 Å². The highest BCUT2D eigenvalue weighted by Crippen LogP contribution is 2.34. The van der Waals surface area contributed by atoms with Gasteiger partial charge in [0.15, 0.2) is 0 Å². The van der Waals surface area contributed by atoms with Crippen LogP contribution in [0.4, 0.5) is 11.4 Å². The molecule has 23 heavy (non-hydrogen) atoms. The van der Waals surface area contributed by atoms with Crippen molar-refractivity contribution in [3.8, 4) is 11.1 Å². The molecule has 0 bridgehead atoms. The fourth-order valence-electron chi connectivity index (χ4n) is 2.46. The third kappa shape index (κ3) is 2.69. The second kappa shape index (κ2) is 5.98. The van der Waals surface area contributed by atoms with Crippen molar-refractivity contribution >= 4 is 22.1 Å². The van der Waals surface area contributed by atoms with E-state index in [1.807, 2.05) is 0 Å². The average Bonchev–Trinajstić information content (AvgIpc) is 2.82. The Morgan fingerprint density at radius 2 is 1.30 bits per heavy atom. The third-order valence-corrected chi connectivity index (χ3v) is 3.45. The first-order valence-corrected chi connectivity index (χ1v) is 6.99. The first-order chi connectivity index (χ1) is 15.6. The summed E-state index contributed by atoms with van der Waals surface area (Å²) in [6, 6.07) is 6.02. The Morgan fingerprint density at radius 1 is 0.652 bits per heavy atom. The van der Waals surface area contributed by atoms with Gasteiger partial charge < -0.3 is 5.32 Å². The zero-order valence-corrected chi connectivity index (χ0v) is 12.0. The third-order valence-electron chi connectivity index (χ3n) is 3.45. The van der Waals surface area contributed by atoms with Crippen molar-refractivity contribution in [3.05, 3.63) is 96.8 Å². The monoisotopic (exact) mass is 305 g/mol. The number of fused-ring (bicyclic) bond motifs is 1. The molecule has 1 N–H and O–H groups in total. The first-order valence-electron chi connectivity index (χ1n) is 12.0. The second-order valence-corrected chi connectivity index (χ2v) is 4.83. The van der Waals surface area contributed by atoms with Crippen molar-refractivity contribution in [2.75, 3.05) is 5.32 Å². The number of para-hydroxylation sites is 1. The lowest BCUT2D eigenvalue weighted by atomic mass is 9.97. The van der Waals surface area contributed by atoms with Gasteiger partial charge in [-0.1, -0.05) is 78.7 Å². The van der Waals surface area contributed by atoms with Gasteiger partial charge in [0.25, 0.3) is 0 Å². The minimum absolute atomic E-state index is 0.0616. The molecule has 1 nitrogen and oxygen atoms in total. The lowest BCUT2D eigenvalue weighted by Gasteiger charge is -2.13. The predicted molar refractivity (Wildman–Crippen MR) is 99.1 cm³/mol. The fourth-order valence-corrected chi connectivity index (χ4v) is 2.46. The van der Waals surface area contributed by atoms with Gasteiger partial charge in [-0.2, -0.15) is 0 Å². The van der Waals surface area contributed by atoms with Gasteiger partial charge in [0.2, 0.25) is 0 Å². The van der Waals surface area contributed by atoms with Crippen LogP contribution in [-0.4, -0.2) is 0 Å². The number of benzene rings is 4. The Balaban J connectivity index is 1.96. The van der Waals surface area contributed by atoms with E-state index in [0.29, 0.717) is 22.0 Å². The summed E-state index contributed by atoms with van der Waals surface area (Å²) in [5, 5.41) is 4.10. The topological polar surface area (TPSA) is 12.0 Å². The number of nitrogens with one attached hydrogen (secondary N) is 1. The highest BCUT2D eigenvalue weighted by molar-refractivity contribution is 6.04. The maximum Gasteiger partial charge on any atom is 0.0645 e. The fraction of sp³-hybridized carbons (Fsp3) is 0. The highest BCUT2D eigenvalue weighted by atomic mass is 14.9. The minimum Gasteiger partial charge on any atom is -0.355 e. The van der Waals surface area contributed by atoms with Crippen LogP contribution in [-0.2, 0) is 0 Å². The summed E-state index contributed by atoms with van der Waals surface area (Å²) in [5.41, 5.74) is 0.850. The van der Waals surface area contributed by atoms with Crippen LogP contribution < -0.4 is 5.32 Å². The largest absolute Gasteiger partial charge is 0.355 e. The SMILES string of the molecule is [2H]c1c([2H])c([2H])c(Nc2ccc(-c3c([2H])c([2H])c([2H])c([2H])c3[2H])c3ccccc23)c([2H])c1[2H]. The van der Waals surface area contributed by atoms with E-state index in [1.54, 1.807) is 36.4 Å². The Bertz CT molecular complexity index is 1390. The zero-order chi connectivity index (χ0) is 24.2. The maximum atomic E-state index is 8.31. The summed E-state index contributed by atoms with van der Waals surface area (Å²) in [4.78, 5) is 0. The van der Waals surface area contributed by atoms with E-state index in [-0.39, 0.29) is 35.4 Å². The predicted octanol–water partition coefficient (Wildman–Crippen LogP) is 6.25. The summed E-state index contributed by atoms with van der Waals surface area (Å²) in [6.07, 6.45) is 0. The molecule has 0 aliphatic rings. The molecule has 0 radical (unpaired) electrons. The maximum absolute atomic E-state index is 8.31. The van der Waals surface area contributed by atoms with E-state index in [0.717, 1.165) is 0 Å². The molecule has 0 unspecified atom stereocenters. The van der Waals surface area contributed by atoms with Gasteiger partial charge in [-0.05, 0) is 34.7 Å². The average molecular weight is 305 g/mol. The Morgan fingerprint density at radius 3 is 2.04 bits per heavy atom. The summed E-state index contributed by atoms with van der Waals surface area (Å²) in [7, 11) is 0. The quantitative estimate of drug-likeness (QED) is 0.471. The van der Waals surface area contributed by atoms with Crippen molar-refractivity contribution in [2.24, 2.45) is 0 Å². The molecule has 0 aliphatic carbocycles. The molecule has 0 aliphatic heterocycles. The molecule has 0 spiro atoms. The summed E-state index contributed by atoms with van der Waals surface area (Å²) >= 11 is 0. The van der Waals surface area contributed by atoms with Gasteiger partial charge in [0, 0.05) is 16.8 Å². The molecule has 0 saturated heterocycles. The second-order valence-electron chi connectivity index (χ2n) is 4.83. The molecule has 0 heterocycles. The van der Waals surface area contributed by atoms with Gasteiger partial charge in [-0.3, -0.25) is 0 Å². The standard InChI is InChI=1S/C22H17N/c1-3-9-17(10-4-1)19-15-16-22(21-14-8-7-13-20(19)21)23-18-11-5-2-6-12-18/h1-16,23H/i1D,2D,3D,4D,5D,6D,9D,10D,11D,12D. The number of hydrogen-bond acceptors (Lipinski definition) is 1. The van der Waals surface area contributed by atoms with Gasteiger partial charge in [-0.15, -0.1) is 0 Å². The van der Waals surface area contributed by atoms with E-state index in [4.69, 9.17) is 13.7 Å². The summed E-state index contributed by atoms with van der Waals surface area (Å²) in [6.45, 7) is 0. The van der Waals surface area contributed by atoms with Crippen LogP contribution in [0, 0.1) is 0 Å². The van der Waals surface area contributed by atoms with Crippen LogP contribution in [0.2, 0.25) is 0 Å². The molecule has 4 rings (SSSR count). The van der Waals surface area contributed by atoms with Crippen molar-refractivity contribution in [2.45, 2.75) is 0 Å². The first kappa shape index (κ1) is 6.59. The van der Waals surface area contributed by atoms with Crippen molar-refractivity contribution < 1.29 is 13.7 Å². The number of rotatable bonds is 3. The van der Waals surface area contributed by atoms with Crippen molar-refractivity contribution in [1.82, 2.24) is 0 Å². The molecule has 110 valence electrons. The van der Waals surface area contributed by atoms with Gasteiger partial charge in [0.05, 0.1) is 13.7 Å². The van der Waals surface area contributed by atoms with Crippen LogP contribution in [0.1, 0.15) is 13.7 Å². The Kier molecular flexibility index (Phi) is 1.71. The van der Waals surface area contributed by atoms with Gasteiger partial charge >= 0.3 is 0 Å². The number of anilines is 2. The smallest absolute Gasteiger partial charge is 0.0645 e. The normalized spacial score (nSPS) is 16.7. The van der Waals surface area contributed by atoms with E-state index >= 15 is 0 Å². The van der Waals surface area contributed by atoms with Crippen molar-refractivity contribution in [1.29, 1.82) is 0 Å². The molecule has 4 aromatic carbocycles. The Hall–Kier alpha value is -3.06. The molecule has 0 saturated carbocycles. The lowest BCUT2D eigenvalue weighted by Crippen LogP contribution is -1.92. The van der Waals surface area contributed by atoms with Crippen molar-refractivity contribution in [3.63, 3.8) is 0 Å². The highest BCUT2D eigenvalue weighted by Gasteiger charge is 2.07. The molecule has 0 amide bonds. The van der Waals surface area contributed by atoms with E-state index < -0.39 is 36.3 Å². The molecule has 4 aromatic rings. The van der Waals surface area contributed by atoms with Crippen LogP contribution >= 0.6 is 0 Å². The minimum atomic E-state index is -0.489. The lowest BCUT2D eigenvalue weighted by molar-refractivity contribution is 1.57. The molecule has 0 aromatic heterocycles. The van der Waals surface area contributed by atoms with Crippen LogP contribution in [0.3, 0.4) is 0 Å². The van der Waals surface area contributed by atoms with Crippen LogP contribution in [0.25, 0.3) is 21.9 Å². The van der Waals surface area contributed by atoms with E-state index in [2.05, 4.69) is 5.32 Å². The van der Waals surface area contributed by atoms with E-state index in [9.17, 15) is 0 Å². The van der Waals surface area contributed by atoms with Crippen LogP contribution in [0.15, 0.2) is 96.8 Å². The molecular weight excluding hydrogens is 278 g/mol. The molecule has 1 heteroatoms. The molecule has 0 atom stereocenters. The summed E-state index contributed by atoms with van der Waals surface area (Å²) in [5.74, 6) is 0. The van der Waals surface area contributed by atoms with E-state index in [1.165, 1.54) is 0 Å². The molecular formula is C22H17N. The van der Waals surface area contributed by atoms with Gasteiger partial charge in [0.1, 0.15) is 0 Å². The van der Waals surface area contributed by atoms with Crippen LogP contribution in [0.5, 0.6) is 0 Å². The Labute approximate surface area is 150 Å². The number of hydrogen-bond donors (Lipinski definition) is 1. The zero-order valence-electron chi connectivity index (χ0n) is 22.0.